The minimum Gasteiger partial charge on any atom is -0.349 e. The van der Waals surface area contributed by atoms with Gasteiger partial charge in [0.25, 0.3) is 0 Å². The van der Waals surface area contributed by atoms with Gasteiger partial charge in [0.05, 0.1) is 22.0 Å². The zero-order valence-electron chi connectivity index (χ0n) is 14.6. The van der Waals surface area contributed by atoms with Gasteiger partial charge < -0.3 is 5.32 Å². The second kappa shape index (κ2) is 6.98. The van der Waals surface area contributed by atoms with E-state index in [-0.39, 0.29) is 11.9 Å². The van der Waals surface area contributed by atoms with Gasteiger partial charge in [0, 0.05) is 0 Å². The Morgan fingerprint density at radius 2 is 2.04 bits per heavy atom. The van der Waals surface area contributed by atoms with Crippen molar-refractivity contribution in [3.63, 3.8) is 0 Å². The molecule has 0 spiro atoms. The highest BCUT2D eigenvalue weighted by atomic mass is 32.2. The summed E-state index contributed by atoms with van der Waals surface area (Å²) >= 11 is 3.05. The molecule has 0 bridgehead atoms. The number of nitrogens with zero attached hydrogens (tertiary/aromatic N) is 3. The lowest BCUT2D eigenvalue weighted by atomic mass is 9.88. The zero-order valence-corrected chi connectivity index (χ0v) is 16.2. The Bertz CT molecular complexity index is 1130. The Balaban J connectivity index is 1.31. The molecule has 0 radical (unpaired) electrons. The van der Waals surface area contributed by atoms with Crippen LogP contribution >= 0.6 is 23.1 Å². The van der Waals surface area contributed by atoms with Gasteiger partial charge in [-0.05, 0) is 42.5 Å². The maximum atomic E-state index is 12.6. The standard InChI is InChI=1S/C20H18N4OS2/c25-18(21-15-9-5-7-13-6-1-2-8-14(13)15)12-26-19-22-23-20-24(19)16-10-3-4-11-17(16)27-20/h1-4,6,8,10-11,15H,5,7,9,12H2,(H,21,25). The third kappa shape index (κ3) is 3.11. The van der Waals surface area contributed by atoms with E-state index in [2.05, 4.69) is 45.8 Å². The van der Waals surface area contributed by atoms with Crippen molar-refractivity contribution in [3.05, 3.63) is 59.7 Å². The van der Waals surface area contributed by atoms with E-state index >= 15 is 0 Å². The summed E-state index contributed by atoms with van der Waals surface area (Å²) < 4.78 is 3.21. The molecule has 2 aromatic carbocycles. The lowest BCUT2D eigenvalue weighted by Gasteiger charge is -2.26. The molecule has 0 fully saturated rings. The SMILES string of the molecule is O=C(CSc1nnc2sc3ccccc3n12)NC1CCCc2ccccc21. The molecule has 1 amide bonds. The Hall–Kier alpha value is -2.38. The van der Waals surface area contributed by atoms with E-state index in [0.29, 0.717) is 5.75 Å². The van der Waals surface area contributed by atoms with Crippen molar-refractivity contribution >= 4 is 44.2 Å². The number of rotatable bonds is 4. The normalized spacial score (nSPS) is 16.5. The minimum absolute atomic E-state index is 0.0398. The summed E-state index contributed by atoms with van der Waals surface area (Å²) in [5.74, 6) is 0.377. The number of benzene rings is 2. The van der Waals surface area contributed by atoms with Crippen molar-refractivity contribution in [1.29, 1.82) is 0 Å². The molecule has 1 unspecified atom stereocenters. The summed E-state index contributed by atoms with van der Waals surface area (Å²) in [4.78, 5) is 13.4. The maximum Gasteiger partial charge on any atom is 0.230 e. The number of carbonyl (C=O) groups is 1. The van der Waals surface area contributed by atoms with Crippen LogP contribution in [0.2, 0.25) is 0 Å². The number of thioether (sulfide) groups is 1. The molecule has 5 nitrogen and oxygen atoms in total. The number of carbonyl (C=O) groups excluding carboxylic acids is 1. The van der Waals surface area contributed by atoms with Crippen molar-refractivity contribution in [1.82, 2.24) is 19.9 Å². The van der Waals surface area contributed by atoms with Gasteiger partial charge in [0.1, 0.15) is 0 Å². The summed E-state index contributed by atoms with van der Waals surface area (Å²) in [7, 11) is 0. The molecular formula is C20H18N4OS2. The molecule has 0 saturated heterocycles. The monoisotopic (exact) mass is 394 g/mol. The molecule has 2 aromatic heterocycles. The van der Waals surface area contributed by atoms with Crippen LogP contribution < -0.4 is 5.32 Å². The van der Waals surface area contributed by atoms with E-state index in [1.54, 1.807) is 11.3 Å². The van der Waals surface area contributed by atoms with Gasteiger partial charge in [-0.15, -0.1) is 10.2 Å². The number of aryl methyl sites for hydroxylation is 1. The number of aromatic nitrogens is 3. The molecule has 27 heavy (non-hydrogen) atoms. The molecule has 1 aliphatic rings. The van der Waals surface area contributed by atoms with Gasteiger partial charge in [-0.25, -0.2) is 0 Å². The van der Waals surface area contributed by atoms with E-state index in [0.717, 1.165) is 34.9 Å². The Labute approximate surface area is 164 Å². The van der Waals surface area contributed by atoms with E-state index in [1.807, 2.05) is 22.6 Å². The molecule has 7 heteroatoms. The van der Waals surface area contributed by atoms with Crippen molar-refractivity contribution in [2.75, 3.05) is 5.75 Å². The van der Waals surface area contributed by atoms with Crippen LogP contribution in [-0.2, 0) is 11.2 Å². The van der Waals surface area contributed by atoms with Crippen molar-refractivity contribution in [3.8, 4) is 0 Å². The smallest absolute Gasteiger partial charge is 0.230 e. The molecular weight excluding hydrogens is 376 g/mol. The first kappa shape index (κ1) is 16.8. The number of fused-ring (bicyclic) bond motifs is 4. The van der Waals surface area contributed by atoms with Gasteiger partial charge in [-0.3, -0.25) is 9.20 Å². The minimum atomic E-state index is 0.0398. The second-order valence-electron chi connectivity index (χ2n) is 6.67. The number of hydrogen-bond acceptors (Lipinski definition) is 5. The fraction of sp³-hybridized carbons (Fsp3) is 0.250. The summed E-state index contributed by atoms with van der Waals surface area (Å²) in [6.07, 6.45) is 3.21. The average Bonchev–Trinajstić information content (AvgIpc) is 3.26. The number of para-hydroxylation sites is 1. The van der Waals surface area contributed by atoms with E-state index in [1.165, 1.54) is 27.6 Å². The largest absolute Gasteiger partial charge is 0.349 e. The van der Waals surface area contributed by atoms with Crippen LogP contribution in [0.3, 0.4) is 0 Å². The Morgan fingerprint density at radius 3 is 3.00 bits per heavy atom. The van der Waals surface area contributed by atoms with Gasteiger partial charge in [-0.2, -0.15) is 0 Å². The second-order valence-corrected chi connectivity index (χ2v) is 8.62. The van der Waals surface area contributed by atoms with Gasteiger partial charge in [-0.1, -0.05) is 59.5 Å². The summed E-state index contributed by atoms with van der Waals surface area (Å²) in [6.45, 7) is 0. The fourth-order valence-electron chi connectivity index (χ4n) is 3.72. The molecule has 2 heterocycles. The topological polar surface area (TPSA) is 59.3 Å². The molecule has 0 saturated carbocycles. The summed E-state index contributed by atoms with van der Waals surface area (Å²) in [5.41, 5.74) is 3.70. The van der Waals surface area contributed by atoms with Crippen molar-refractivity contribution in [2.45, 2.75) is 30.5 Å². The number of hydrogen-bond donors (Lipinski definition) is 1. The van der Waals surface area contributed by atoms with Gasteiger partial charge in [0.15, 0.2) is 5.16 Å². The molecule has 4 aromatic rings. The van der Waals surface area contributed by atoms with Crippen LogP contribution in [-0.4, -0.2) is 26.3 Å². The Morgan fingerprint density at radius 1 is 1.19 bits per heavy atom. The van der Waals surface area contributed by atoms with Crippen LogP contribution in [0.15, 0.2) is 53.7 Å². The number of nitrogens with one attached hydrogen (secondary N) is 1. The van der Waals surface area contributed by atoms with Crippen LogP contribution in [0.4, 0.5) is 0 Å². The summed E-state index contributed by atoms with van der Waals surface area (Å²) in [6, 6.07) is 16.7. The van der Waals surface area contributed by atoms with Gasteiger partial charge in [0.2, 0.25) is 10.9 Å². The number of thiazole rings is 1. The highest BCUT2D eigenvalue weighted by Crippen LogP contribution is 2.31. The Kier molecular flexibility index (Phi) is 4.33. The average molecular weight is 395 g/mol. The molecule has 1 atom stereocenters. The van der Waals surface area contributed by atoms with E-state index in [9.17, 15) is 4.79 Å². The number of amides is 1. The third-order valence-electron chi connectivity index (χ3n) is 4.95. The first-order valence-corrected chi connectivity index (χ1v) is 10.8. The maximum absolute atomic E-state index is 12.6. The first-order chi connectivity index (χ1) is 13.3. The van der Waals surface area contributed by atoms with Gasteiger partial charge >= 0.3 is 0 Å². The van der Waals surface area contributed by atoms with Crippen LogP contribution in [0.25, 0.3) is 15.2 Å². The predicted molar refractivity (Wildman–Crippen MR) is 109 cm³/mol. The third-order valence-corrected chi connectivity index (χ3v) is 6.89. The molecule has 1 aliphatic carbocycles. The molecule has 136 valence electrons. The lowest BCUT2D eigenvalue weighted by molar-refractivity contribution is -0.119. The first-order valence-electron chi connectivity index (χ1n) is 9.02. The highest BCUT2D eigenvalue weighted by Gasteiger charge is 2.22. The highest BCUT2D eigenvalue weighted by molar-refractivity contribution is 7.99. The fourth-order valence-corrected chi connectivity index (χ4v) is 5.50. The lowest BCUT2D eigenvalue weighted by Crippen LogP contribution is -2.32. The van der Waals surface area contributed by atoms with Crippen LogP contribution in [0.5, 0.6) is 0 Å². The molecule has 1 N–H and O–H groups in total. The predicted octanol–water partition coefficient (Wildman–Crippen LogP) is 4.23. The van der Waals surface area contributed by atoms with Crippen LogP contribution in [0.1, 0.15) is 30.0 Å². The zero-order chi connectivity index (χ0) is 18.2. The summed E-state index contributed by atoms with van der Waals surface area (Å²) in [5, 5.41) is 12.5. The van der Waals surface area contributed by atoms with Crippen molar-refractivity contribution < 1.29 is 4.79 Å². The van der Waals surface area contributed by atoms with E-state index < -0.39 is 0 Å². The van der Waals surface area contributed by atoms with E-state index in [4.69, 9.17) is 0 Å². The van der Waals surface area contributed by atoms with Crippen LogP contribution in [0, 0.1) is 0 Å². The van der Waals surface area contributed by atoms with Crippen molar-refractivity contribution in [2.24, 2.45) is 0 Å². The molecule has 5 rings (SSSR count). The quantitative estimate of drug-likeness (QED) is 0.526. The molecule has 0 aliphatic heterocycles.